The second-order valence-corrected chi connectivity index (χ2v) is 8.25. The largest absolute Gasteiger partial charge is 0.409 e. The summed E-state index contributed by atoms with van der Waals surface area (Å²) in [5.41, 5.74) is 2.80. The second-order valence-electron chi connectivity index (χ2n) is 8.25. The second kappa shape index (κ2) is 7.74. The minimum absolute atomic E-state index is 0.00614. The molecule has 28 heavy (non-hydrogen) atoms. The first-order valence-corrected chi connectivity index (χ1v) is 9.79. The van der Waals surface area contributed by atoms with Crippen LogP contribution in [0.25, 0.3) is 10.8 Å². The van der Waals surface area contributed by atoms with Gasteiger partial charge in [0, 0.05) is 6.54 Å². The Balaban J connectivity index is 2.01. The minimum atomic E-state index is -4.50. The van der Waals surface area contributed by atoms with Gasteiger partial charge < -0.3 is 0 Å². The van der Waals surface area contributed by atoms with Crippen molar-refractivity contribution in [1.29, 1.82) is 0 Å². The number of nitrogens with zero attached hydrogens (tertiary/aromatic N) is 1. The number of alkyl halides is 3. The maximum Gasteiger partial charge on any atom is 0.409 e. The smallest absolute Gasteiger partial charge is 0.287 e. The predicted octanol–water partition coefficient (Wildman–Crippen LogP) is 5.55. The molecule has 0 spiro atoms. The number of hydrogen-bond donors (Lipinski definition) is 1. The lowest BCUT2D eigenvalue weighted by molar-refractivity contribution is -0.191. The van der Waals surface area contributed by atoms with E-state index >= 15 is 0 Å². The monoisotopic (exact) mass is 392 g/mol. The van der Waals surface area contributed by atoms with Crippen molar-refractivity contribution in [2.75, 3.05) is 6.54 Å². The van der Waals surface area contributed by atoms with Gasteiger partial charge in [0.1, 0.15) is 6.04 Å². The number of aryl methyl sites for hydroxylation is 1. The summed E-state index contributed by atoms with van der Waals surface area (Å²) < 4.78 is 42.0. The number of carbonyl (C=O) groups excluding carboxylic acids is 1. The van der Waals surface area contributed by atoms with Crippen molar-refractivity contribution in [1.82, 2.24) is 10.4 Å². The zero-order valence-electron chi connectivity index (χ0n) is 16.6. The molecule has 0 bridgehead atoms. The molecule has 0 aromatic heterocycles. The van der Waals surface area contributed by atoms with Crippen LogP contribution in [0, 0.1) is 5.41 Å². The summed E-state index contributed by atoms with van der Waals surface area (Å²) in [6, 6.07) is 8.91. The normalized spacial score (nSPS) is 18.4. The highest BCUT2D eigenvalue weighted by Gasteiger charge is 2.51. The minimum Gasteiger partial charge on any atom is -0.287 e. The number of benzene rings is 2. The van der Waals surface area contributed by atoms with Gasteiger partial charge in [-0.1, -0.05) is 50.1 Å². The summed E-state index contributed by atoms with van der Waals surface area (Å²) in [4.78, 5) is 12.1. The lowest BCUT2D eigenvalue weighted by Crippen LogP contribution is -2.43. The van der Waals surface area contributed by atoms with E-state index in [1.165, 1.54) is 6.07 Å². The van der Waals surface area contributed by atoms with Crippen molar-refractivity contribution in [2.45, 2.75) is 58.7 Å². The molecule has 2 aromatic rings. The summed E-state index contributed by atoms with van der Waals surface area (Å²) in [6.07, 6.45) is -0.455. The molecule has 1 unspecified atom stereocenters. The first-order valence-electron chi connectivity index (χ1n) is 9.79. The van der Waals surface area contributed by atoms with E-state index in [9.17, 15) is 18.0 Å². The molecule has 152 valence electrons. The van der Waals surface area contributed by atoms with Gasteiger partial charge in [-0.15, -0.1) is 0 Å². The molecule has 1 atom stereocenters. The van der Waals surface area contributed by atoms with Crippen LogP contribution in [-0.2, 0) is 11.2 Å². The maximum absolute atomic E-state index is 14.0. The van der Waals surface area contributed by atoms with Crippen molar-refractivity contribution in [3.63, 3.8) is 0 Å². The average Bonchev–Trinajstić information content (AvgIpc) is 2.86. The summed E-state index contributed by atoms with van der Waals surface area (Å²) >= 11 is 0. The number of rotatable bonds is 6. The highest BCUT2D eigenvalue weighted by Crippen LogP contribution is 2.41. The molecular formula is C22H27F3N2O. The van der Waals surface area contributed by atoms with E-state index in [0.29, 0.717) is 0 Å². The number of unbranched alkanes of at least 4 members (excludes halogenated alkanes) is 2. The molecule has 2 aromatic carbocycles. The lowest BCUT2D eigenvalue weighted by Gasteiger charge is -2.30. The fraction of sp³-hybridized carbons (Fsp3) is 0.500. The number of nitrogens with one attached hydrogen (secondary N) is 1. The van der Waals surface area contributed by atoms with E-state index in [2.05, 4.69) is 12.3 Å². The Kier molecular flexibility index (Phi) is 5.71. The van der Waals surface area contributed by atoms with Crippen LogP contribution in [0.5, 0.6) is 0 Å². The fourth-order valence-electron chi connectivity index (χ4n) is 3.83. The van der Waals surface area contributed by atoms with Crippen molar-refractivity contribution >= 4 is 16.7 Å². The zero-order chi connectivity index (χ0) is 20.5. The van der Waals surface area contributed by atoms with E-state index < -0.39 is 17.6 Å². The molecule has 6 heteroatoms. The third kappa shape index (κ3) is 4.17. The van der Waals surface area contributed by atoms with Gasteiger partial charge in [-0.2, -0.15) is 13.2 Å². The van der Waals surface area contributed by atoms with Gasteiger partial charge >= 0.3 is 6.18 Å². The summed E-state index contributed by atoms with van der Waals surface area (Å²) in [5.74, 6) is -0.386. The number of fused-ring (bicyclic) bond motifs is 1. The van der Waals surface area contributed by atoms with Gasteiger partial charge in [-0.25, -0.2) is 5.01 Å². The number of amides is 1. The van der Waals surface area contributed by atoms with Crippen LogP contribution in [0.2, 0.25) is 0 Å². The van der Waals surface area contributed by atoms with Gasteiger partial charge in [0.2, 0.25) is 5.91 Å². The number of hydrazine groups is 1. The van der Waals surface area contributed by atoms with Crippen molar-refractivity contribution < 1.29 is 18.0 Å². The standard InChI is InChI=1S/C22H27F3N2O/c1-4-5-6-8-15-9-7-10-16-11-12-17(13-18(15)16)19(22(23,24)25)27-14-21(2,3)20(28)26-27/h7,9-13,19H,4-6,8,14H2,1-3H3,(H,26,28). The van der Waals surface area contributed by atoms with Gasteiger partial charge in [-0.05, 0) is 54.7 Å². The Morgan fingerprint density at radius 3 is 2.54 bits per heavy atom. The Bertz CT molecular complexity index is 860. The van der Waals surface area contributed by atoms with Crippen LogP contribution in [0.1, 0.15) is 57.2 Å². The fourth-order valence-corrected chi connectivity index (χ4v) is 3.83. The summed E-state index contributed by atoms with van der Waals surface area (Å²) in [7, 11) is 0. The number of carbonyl (C=O) groups is 1. The molecule has 1 N–H and O–H groups in total. The van der Waals surface area contributed by atoms with Crippen LogP contribution in [0.3, 0.4) is 0 Å². The van der Waals surface area contributed by atoms with Gasteiger partial charge in [0.15, 0.2) is 0 Å². The van der Waals surface area contributed by atoms with Crippen LogP contribution in [0.4, 0.5) is 13.2 Å². The Morgan fingerprint density at radius 1 is 1.18 bits per heavy atom. The molecule has 3 rings (SSSR count). The van der Waals surface area contributed by atoms with Crippen LogP contribution in [0.15, 0.2) is 36.4 Å². The topological polar surface area (TPSA) is 32.3 Å². The van der Waals surface area contributed by atoms with Crippen LogP contribution < -0.4 is 5.43 Å². The molecule has 0 radical (unpaired) electrons. The third-order valence-electron chi connectivity index (χ3n) is 5.41. The van der Waals surface area contributed by atoms with E-state index in [1.807, 2.05) is 18.2 Å². The lowest BCUT2D eigenvalue weighted by atomic mass is 9.93. The molecule has 1 saturated heterocycles. The Morgan fingerprint density at radius 2 is 1.93 bits per heavy atom. The summed E-state index contributed by atoms with van der Waals surface area (Å²) in [6.45, 7) is 5.44. The van der Waals surface area contributed by atoms with Crippen LogP contribution in [-0.4, -0.2) is 23.6 Å². The SMILES string of the molecule is CCCCCc1cccc2ccc(C(N3CC(C)(C)C(=O)N3)C(F)(F)F)cc12. The molecule has 1 aliphatic heterocycles. The first-order chi connectivity index (χ1) is 13.1. The summed E-state index contributed by atoms with van der Waals surface area (Å²) in [5, 5.41) is 2.82. The highest BCUT2D eigenvalue weighted by molar-refractivity contribution is 5.87. The molecular weight excluding hydrogens is 365 g/mol. The molecule has 3 nitrogen and oxygen atoms in total. The van der Waals surface area contributed by atoms with Crippen molar-refractivity contribution in [3.8, 4) is 0 Å². The number of hydrogen-bond acceptors (Lipinski definition) is 2. The third-order valence-corrected chi connectivity index (χ3v) is 5.41. The van der Waals surface area contributed by atoms with E-state index in [0.717, 1.165) is 47.0 Å². The zero-order valence-corrected chi connectivity index (χ0v) is 16.6. The van der Waals surface area contributed by atoms with E-state index in [-0.39, 0.29) is 18.0 Å². The van der Waals surface area contributed by atoms with E-state index in [1.54, 1.807) is 26.0 Å². The first kappa shape index (κ1) is 20.6. The Hall–Kier alpha value is -2.08. The average molecular weight is 392 g/mol. The Labute approximate surface area is 163 Å². The number of halogens is 3. The molecule has 1 fully saturated rings. The predicted molar refractivity (Wildman–Crippen MR) is 105 cm³/mol. The van der Waals surface area contributed by atoms with Gasteiger partial charge in [0.05, 0.1) is 5.41 Å². The molecule has 0 saturated carbocycles. The molecule has 1 amide bonds. The maximum atomic E-state index is 14.0. The van der Waals surface area contributed by atoms with Crippen molar-refractivity contribution in [3.05, 3.63) is 47.5 Å². The van der Waals surface area contributed by atoms with Gasteiger partial charge in [0.25, 0.3) is 0 Å². The molecule has 1 heterocycles. The quantitative estimate of drug-likeness (QED) is 0.654. The van der Waals surface area contributed by atoms with E-state index in [4.69, 9.17) is 0 Å². The highest BCUT2D eigenvalue weighted by atomic mass is 19.4. The van der Waals surface area contributed by atoms with Crippen LogP contribution >= 0.6 is 0 Å². The van der Waals surface area contributed by atoms with Crippen molar-refractivity contribution in [2.24, 2.45) is 5.41 Å². The van der Waals surface area contributed by atoms with Gasteiger partial charge in [-0.3, -0.25) is 10.2 Å². The molecule has 0 aliphatic carbocycles. The molecule has 1 aliphatic rings.